The summed E-state index contributed by atoms with van der Waals surface area (Å²) in [5.41, 5.74) is 0. The molecule has 162 valence electrons. The number of hydrogen-bond acceptors (Lipinski definition) is 4. The average molecular weight is 407 g/mol. The van der Waals surface area contributed by atoms with E-state index in [4.69, 9.17) is 0 Å². The van der Waals surface area contributed by atoms with E-state index in [1.807, 2.05) is 11.8 Å². The van der Waals surface area contributed by atoms with Crippen molar-refractivity contribution < 1.29 is 22.7 Å². The van der Waals surface area contributed by atoms with Crippen molar-refractivity contribution in [3.63, 3.8) is 0 Å². The summed E-state index contributed by atoms with van der Waals surface area (Å²) in [5, 5.41) is 3.17. The first kappa shape index (κ1) is 22.7. The molecule has 2 aliphatic rings. The highest BCUT2D eigenvalue weighted by atomic mass is 19.4. The average Bonchev–Trinajstić information content (AvgIpc) is 3.20. The van der Waals surface area contributed by atoms with Crippen LogP contribution in [0.4, 0.5) is 13.2 Å². The number of nitrogens with zero attached hydrogens (tertiary/aromatic N) is 4. The lowest BCUT2D eigenvalue weighted by Crippen LogP contribution is -2.57. The first-order chi connectivity index (χ1) is 13.3. The van der Waals surface area contributed by atoms with Gasteiger partial charge in [-0.15, -0.1) is 0 Å². The van der Waals surface area contributed by atoms with Crippen molar-refractivity contribution in [1.82, 2.24) is 20.0 Å². The van der Waals surface area contributed by atoms with E-state index in [-0.39, 0.29) is 18.6 Å². The zero-order chi connectivity index (χ0) is 20.6. The van der Waals surface area contributed by atoms with E-state index in [0.29, 0.717) is 13.0 Å². The summed E-state index contributed by atoms with van der Waals surface area (Å²) in [5.74, 6) is 0.946. The highest BCUT2D eigenvalue weighted by Gasteiger charge is 2.30. The van der Waals surface area contributed by atoms with E-state index in [1.54, 1.807) is 7.05 Å². The van der Waals surface area contributed by atoms with Crippen LogP contribution >= 0.6 is 0 Å². The number of likely N-dealkylation sites (tertiary alicyclic amines) is 1. The summed E-state index contributed by atoms with van der Waals surface area (Å²) in [6.45, 7) is 6.10. The molecule has 0 aliphatic carbocycles. The number of alkyl halides is 3. The van der Waals surface area contributed by atoms with Gasteiger partial charge in [0, 0.05) is 59.5 Å². The number of nitrogens with one attached hydrogen (secondary N) is 1. The lowest BCUT2D eigenvalue weighted by Gasteiger charge is -2.39. The quantitative estimate of drug-likeness (QED) is 0.390. The van der Waals surface area contributed by atoms with E-state index in [1.165, 1.54) is 0 Å². The van der Waals surface area contributed by atoms with Crippen LogP contribution in [0.5, 0.6) is 0 Å². The molecule has 10 heteroatoms. The maximum absolute atomic E-state index is 12.6. The zero-order valence-electron chi connectivity index (χ0n) is 16.8. The SMILES string of the molecule is CN=C(NCCCOCC(F)(F)F)N1CCN(C(C)C(=O)N2CCCC2)CC1. The van der Waals surface area contributed by atoms with Gasteiger partial charge < -0.3 is 19.9 Å². The van der Waals surface area contributed by atoms with Gasteiger partial charge in [-0.1, -0.05) is 0 Å². The molecule has 0 aromatic carbocycles. The van der Waals surface area contributed by atoms with E-state index in [2.05, 4.69) is 24.8 Å². The molecule has 2 saturated heterocycles. The number of carbonyl (C=O) groups is 1. The largest absolute Gasteiger partial charge is 0.411 e. The number of ether oxygens (including phenoxy) is 1. The van der Waals surface area contributed by atoms with Crippen LogP contribution in [-0.4, -0.2) is 105 Å². The van der Waals surface area contributed by atoms with Gasteiger partial charge in [-0.3, -0.25) is 14.7 Å². The van der Waals surface area contributed by atoms with Crippen molar-refractivity contribution in [2.24, 2.45) is 4.99 Å². The fourth-order valence-corrected chi connectivity index (χ4v) is 3.57. The van der Waals surface area contributed by atoms with Crippen LogP contribution in [0.2, 0.25) is 0 Å². The van der Waals surface area contributed by atoms with E-state index >= 15 is 0 Å². The Morgan fingerprint density at radius 2 is 1.75 bits per heavy atom. The maximum atomic E-state index is 12.6. The molecule has 0 spiro atoms. The number of halogens is 3. The molecule has 0 aromatic heterocycles. The minimum absolute atomic E-state index is 0.0490. The molecule has 2 rings (SSSR count). The molecule has 1 unspecified atom stereocenters. The van der Waals surface area contributed by atoms with Gasteiger partial charge >= 0.3 is 6.18 Å². The fourth-order valence-electron chi connectivity index (χ4n) is 3.57. The molecule has 0 saturated carbocycles. The first-order valence-corrected chi connectivity index (χ1v) is 9.95. The Hall–Kier alpha value is -1.55. The fraction of sp³-hybridized carbons (Fsp3) is 0.889. The minimum Gasteiger partial charge on any atom is -0.372 e. The van der Waals surface area contributed by atoms with Crippen LogP contribution in [0, 0.1) is 0 Å². The lowest BCUT2D eigenvalue weighted by atomic mass is 10.2. The topological polar surface area (TPSA) is 60.4 Å². The smallest absolute Gasteiger partial charge is 0.372 e. The van der Waals surface area contributed by atoms with Crippen LogP contribution in [-0.2, 0) is 9.53 Å². The van der Waals surface area contributed by atoms with Gasteiger partial charge in [-0.2, -0.15) is 13.2 Å². The molecule has 0 bridgehead atoms. The van der Waals surface area contributed by atoms with Crippen LogP contribution in [0.15, 0.2) is 4.99 Å². The maximum Gasteiger partial charge on any atom is 0.411 e. The Bertz CT molecular complexity index is 516. The Kier molecular flexibility index (Phi) is 8.81. The van der Waals surface area contributed by atoms with Crippen molar-refractivity contribution in [2.45, 2.75) is 38.4 Å². The summed E-state index contributed by atoms with van der Waals surface area (Å²) in [4.78, 5) is 23.1. The molecule has 0 aromatic rings. The van der Waals surface area contributed by atoms with Gasteiger partial charge in [0.25, 0.3) is 0 Å². The van der Waals surface area contributed by atoms with Gasteiger partial charge in [-0.25, -0.2) is 0 Å². The normalized spacial score (nSPS) is 20.5. The third kappa shape index (κ3) is 7.12. The number of hydrogen-bond donors (Lipinski definition) is 1. The molecular weight excluding hydrogens is 375 g/mol. The summed E-state index contributed by atoms with van der Waals surface area (Å²) in [7, 11) is 1.69. The van der Waals surface area contributed by atoms with Gasteiger partial charge in [0.05, 0.1) is 6.04 Å². The van der Waals surface area contributed by atoms with Gasteiger partial charge in [-0.05, 0) is 26.2 Å². The van der Waals surface area contributed by atoms with Crippen LogP contribution in [0.1, 0.15) is 26.2 Å². The lowest BCUT2D eigenvalue weighted by molar-refractivity contribution is -0.173. The first-order valence-electron chi connectivity index (χ1n) is 9.95. The summed E-state index contributed by atoms with van der Waals surface area (Å²) in [6.07, 6.45) is -1.63. The van der Waals surface area contributed by atoms with E-state index in [0.717, 1.165) is 58.1 Å². The van der Waals surface area contributed by atoms with Crippen molar-refractivity contribution in [3.8, 4) is 0 Å². The highest BCUT2D eigenvalue weighted by molar-refractivity contribution is 5.82. The zero-order valence-corrected chi connectivity index (χ0v) is 16.8. The number of amides is 1. The molecule has 2 heterocycles. The Balaban J connectivity index is 1.66. The van der Waals surface area contributed by atoms with Crippen molar-refractivity contribution >= 4 is 11.9 Å². The number of carbonyl (C=O) groups excluding carboxylic acids is 1. The van der Waals surface area contributed by atoms with Crippen molar-refractivity contribution in [3.05, 3.63) is 0 Å². The van der Waals surface area contributed by atoms with Gasteiger partial charge in [0.2, 0.25) is 5.91 Å². The Labute approximate surface area is 164 Å². The summed E-state index contributed by atoms with van der Waals surface area (Å²) < 4.78 is 40.7. The Morgan fingerprint density at radius 1 is 1.11 bits per heavy atom. The Morgan fingerprint density at radius 3 is 2.32 bits per heavy atom. The molecule has 1 N–H and O–H groups in total. The third-order valence-electron chi connectivity index (χ3n) is 5.16. The van der Waals surface area contributed by atoms with Crippen molar-refractivity contribution in [2.75, 3.05) is 66.1 Å². The number of aliphatic imine (C=N–C) groups is 1. The monoisotopic (exact) mass is 407 g/mol. The minimum atomic E-state index is -4.28. The molecule has 7 nitrogen and oxygen atoms in total. The molecule has 1 atom stereocenters. The standard InChI is InChI=1S/C18H32F3N5O2/c1-15(16(27)25-7-3-4-8-25)24-9-11-26(12-10-24)17(22-2)23-6-5-13-28-14-18(19,20)21/h15H,3-14H2,1-2H3,(H,22,23). The molecule has 2 fully saturated rings. The second-order valence-corrected chi connectivity index (χ2v) is 7.23. The molecule has 0 radical (unpaired) electrons. The number of rotatable bonds is 7. The van der Waals surface area contributed by atoms with Crippen LogP contribution in [0.3, 0.4) is 0 Å². The highest BCUT2D eigenvalue weighted by Crippen LogP contribution is 2.15. The second-order valence-electron chi connectivity index (χ2n) is 7.23. The number of piperazine rings is 1. The third-order valence-corrected chi connectivity index (χ3v) is 5.16. The number of guanidine groups is 1. The molecular formula is C18H32F3N5O2. The molecule has 1 amide bonds. The second kappa shape index (κ2) is 10.8. The van der Waals surface area contributed by atoms with Crippen LogP contribution in [0.25, 0.3) is 0 Å². The summed E-state index contributed by atoms with van der Waals surface area (Å²) in [6, 6.07) is -0.110. The van der Waals surface area contributed by atoms with E-state index < -0.39 is 12.8 Å². The predicted octanol–water partition coefficient (Wildman–Crippen LogP) is 1.16. The predicted molar refractivity (Wildman–Crippen MR) is 101 cm³/mol. The van der Waals surface area contributed by atoms with Crippen LogP contribution < -0.4 is 5.32 Å². The molecule has 28 heavy (non-hydrogen) atoms. The van der Waals surface area contributed by atoms with Crippen molar-refractivity contribution in [1.29, 1.82) is 0 Å². The van der Waals surface area contributed by atoms with Gasteiger partial charge in [0.1, 0.15) is 6.61 Å². The molecule has 2 aliphatic heterocycles. The summed E-state index contributed by atoms with van der Waals surface area (Å²) >= 11 is 0. The van der Waals surface area contributed by atoms with E-state index in [9.17, 15) is 18.0 Å². The van der Waals surface area contributed by atoms with Gasteiger partial charge in [0.15, 0.2) is 5.96 Å².